The van der Waals surface area contributed by atoms with Crippen LogP contribution in [0.15, 0.2) is 36.5 Å². The molecule has 0 amide bonds. The maximum atomic E-state index is 13.5. The molecule has 0 aliphatic carbocycles. The number of halogens is 1. The van der Waals surface area contributed by atoms with Crippen molar-refractivity contribution in [3.8, 4) is 0 Å². The minimum atomic E-state index is -0.692. The van der Waals surface area contributed by atoms with E-state index < -0.39 is 11.8 Å². The highest BCUT2D eigenvalue weighted by Gasteiger charge is 2.12. The molecule has 2 aromatic rings. The van der Waals surface area contributed by atoms with Gasteiger partial charge in [0.1, 0.15) is 5.82 Å². The van der Waals surface area contributed by atoms with E-state index in [1.807, 2.05) is 19.1 Å². The fourth-order valence-electron chi connectivity index (χ4n) is 1.71. The Morgan fingerprint density at radius 2 is 2.15 bits per heavy atom. The smallest absolute Gasteiger partial charge is 0.340 e. The number of carbonyl (C=O) groups is 1. The molecule has 1 aromatic heterocycles. The fraction of sp³-hybridized carbons (Fsp3) is 0.200. The molecule has 4 nitrogen and oxygen atoms in total. The Labute approximate surface area is 116 Å². The van der Waals surface area contributed by atoms with Crippen LogP contribution in [0.25, 0.3) is 0 Å². The van der Waals surface area contributed by atoms with E-state index >= 15 is 0 Å². The molecule has 0 atom stereocenters. The monoisotopic (exact) mass is 274 g/mol. The van der Waals surface area contributed by atoms with Gasteiger partial charge in [-0.05, 0) is 36.8 Å². The van der Waals surface area contributed by atoms with Crippen molar-refractivity contribution < 1.29 is 13.9 Å². The Morgan fingerprint density at radius 3 is 2.80 bits per heavy atom. The van der Waals surface area contributed by atoms with Crippen LogP contribution in [0.2, 0.25) is 0 Å². The Bertz CT molecular complexity index is 612. The quantitative estimate of drug-likeness (QED) is 0.871. The number of hydrogen-bond donors (Lipinski definition) is 1. The predicted octanol–water partition coefficient (Wildman–Crippen LogP) is 2.93. The summed E-state index contributed by atoms with van der Waals surface area (Å²) in [4.78, 5) is 15.6. The van der Waals surface area contributed by atoms with Gasteiger partial charge in [0.2, 0.25) is 0 Å². The van der Waals surface area contributed by atoms with Gasteiger partial charge in [-0.2, -0.15) is 0 Å². The summed E-state index contributed by atoms with van der Waals surface area (Å²) in [6, 6.07) is 8.12. The highest BCUT2D eigenvalue weighted by molar-refractivity contribution is 5.90. The number of methoxy groups -OCH3 is 1. The largest absolute Gasteiger partial charge is 0.465 e. The van der Waals surface area contributed by atoms with Crippen molar-refractivity contribution in [2.45, 2.75) is 13.5 Å². The second-order valence-corrected chi connectivity index (χ2v) is 4.35. The van der Waals surface area contributed by atoms with Crippen molar-refractivity contribution >= 4 is 11.7 Å². The van der Waals surface area contributed by atoms with E-state index in [-0.39, 0.29) is 5.56 Å². The number of nitrogens with one attached hydrogen (secondary N) is 1. The van der Waals surface area contributed by atoms with Gasteiger partial charge in [0, 0.05) is 24.1 Å². The molecule has 1 heterocycles. The van der Waals surface area contributed by atoms with E-state index in [0.29, 0.717) is 12.2 Å². The van der Waals surface area contributed by atoms with Crippen molar-refractivity contribution in [2.75, 3.05) is 12.4 Å². The van der Waals surface area contributed by atoms with Crippen LogP contribution in [-0.2, 0) is 11.3 Å². The number of rotatable bonds is 4. The SMILES string of the molecule is COC(=O)c1cc(NCc2ccc(C)nc2)ccc1F. The van der Waals surface area contributed by atoms with Crippen molar-refractivity contribution in [1.82, 2.24) is 4.98 Å². The molecule has 1 aromatic carbocycles. The molecule has 20 heavy (non-hydrogen) atoms. The molecule has 0 aliphatic heterocycles. The number of esters is 1. The highest BCUT2D eigenvalue weighted by atomic mass is 19.1. The standard InChI is InChI=1S/C15H15FN2O2/c1-10-3-4-11(8-17-10)9-18-12-5-6-14(16)13(7-12)15(19)20-2/h3-8,18H,9H2,1-2H3. The first-order chi connectivity index (χ1) is 9.60. The number of anilines is 1. The Hall–Kier alpha value is -2.43. The van der Waals surface area contributed by atoms with E-state index in [0.717, 1.165) is 11.3 Å². The maximum absolute atomic E-state index is 13.5. The number of pyridine rings is 1. The molecule has 5 heteroatoms. The summed E-state index contributed by atoms with van der Waals surface area (Å²) >= 11 is 0. The third-order valence-corrected chi connectivity index (χ3v) is 2.84. The lowest BCUT2D eigenvalue weighted by atomic mass is 10.2. The lowest BCUT2D eigenvalue weighted by molar-refractivity contribution is 0.0595. The average molecular weight is 274 g/mol. The number of nitrogens with zero attached hydrogens (tertiary/aromatic N) is 1. The minimum Gasteiger partial charge on any atom is -0.465 e. The van der Waals surface area contributed by atoms with Crippen LogP contribution < -0.4 is 5.32 Å². The van der Waals surface area contributed by atoms with Gasteiger partial charge in [-0.25, -0.2) is 9.18 Å². The van der Waals surface area contributed by atoms with Crippen LogP contribution in [0, 0.1) is 12.7 Å². The molecule has 0 saturated heterocycles. The van der Waals surface area contributed by atoms with Gasteiger partial charge in [-0.15, -0.1) is 0 Å². The van der Waals surface area contributed by atoms with Crippen LogP contribution in [0.4, 0.5) is 10.1 Å². The summed E-state index contributed by atoms with van der Waals surface area (Å²) in [5, 5.41) is 3.11. The van der Waals surface area contributed by atoms with E-state index in [1.54, 1.807) is 12.3 Å². The highest BCUT2D eigenvalue weighted by Crippen LogP contribution is 2.16. The van der Waals surface area contributed by atoms with Gasteiger partial charge >= 0.3 is 5.97 Å². The number of carbonyl (C=O) groups excluding carboxylic acids is 1. The fourth-order valence-corrected chi connectivity index (χ4v) is 1.71. The van der Waals surface area contributed by atoms with Crippen LogP contribution in [0.5, 0.6) is 0 Å². The normalized spacial score (nSPS) is 10.2. The van der Waals surface area contributed by atoms with Crippen molar-refractivity contribution in [2.24, 2.45) is 0 Å². The number of aromatic nitrogens is 1. The number of benzene rings is 1. The average Bonchev–Trinajstić information content (AvgIpc) is 2.47. The first-order valence-corrected chi connectivity index (χ1v) is 6.13. The second kappa shape index (κ2) is 6.14. The maximum Gasteiger partial charge on any atom is 0.340 e. The van der Waals surface area contributed by atoms with Gasteiger partial charge in [-0.3, -0.25) is 4.98 Å². The summed E-state index contributed by atoms with van der Waals surface area (Å²) in [6.45, 7) is 2.46. The first kappa shape index (κ1) is 14.0. The molecule has 0 radical (unpaired) electrons. The molecular formula is C15H15FN2O2. The summed E-state index contributed by atoms with van der Waals surface area (Å²) < 4.78 is 18.0. The zero-order chi connectivity index (χ0) is 14.5. The van der Waals surface area contributed by atoms with Crippen molar-refractivity contribution in [1.29, 1.82) is 0 Å². The van der Waals surface area contributed by atoms with Crippen LogP contribution in [0.3, 0.4) is 0 Å². The molecule has 0 spiro atoms. The zero-order valence-corrected chi connectivity index (χ0v) is 11.3. The van der Waals surface area contributed by atoms with Crippen molar-refractivity contribution in [3.05, 3.63) is 59.2 Å². The minimum absolute atomic E-state index is 0.0838. The number of hydrogen-bond acceptors (Lipinski definition) is 4. The van der Waals surface area contributed by atoms with E-state index in [2.05, 4.69) is 15.0 Å². The number of aryl methyl sites for hydroxylation is 1. The third kappa shape index (κ3) is 3.32. The molecule has 0 aliphatic rings. The summed E-state index contributed by atoms with van der Waals surface area (Å²) in [6.07, 6.45) is 1.77. The Kier molecular flexibility index (Phi) is 4.30. The van der Waals surface area contributed by atoms with E-state index in [4.69, 9.17) is 0 Å². The molecule has 0 fully saturated rings. The van der Waals surface area contributed by atoms with E-state index in [9.17, 15) is 9.18 Å². The molecule has 2 rings (SSSR count). The van der Waals surface area contributed by atoms with Crippen molar-refractivity contribution in [3.63, 3.8) is 0 Å². The van der Waals surface area contributed by atoms with Gasteiger partial charge in [-0.1, -0.05) is 6.07 Å². The van der Waals surface area contributed by atoms with Gasteiger partial charge in [0.25, 0.3) is 0 Å². The van der Waals surface area contributed by atoms with Gasteiger partial charge in [0.15, 0.2) is 0 Å². The Morgan fingerprint density at radius 1 is 1.35 bits per heavy atom. The third-order valence-electron chi connectivity index (χ3n) is 2.84. The predicted molar refractivity (Wildman–Crippen MR) is 74.0 cm³/mol. The molecule has 0 bridgehead atoms. The molecular weight excluding hydrogens is 259 g/mol. The van der Waals surface area contributed by atoms with Crippen LogP contribution in [-0.4, -0.2) is 18.1 Å². The molecule has 0 saturated carbocycles. The molecule has 104 valence electrons. The lowest BCUT2D eigenvalue weighted by Crippen LogP contribution is -2.06. The first-order valence-electron chi connectivity index (χ1n) is 6.13. The topological polar surface area (TPSA) is 51.2 Å². The zero-order valence-electron chi connectivity index (χ0n) is 11.3. The molecule has 0 unspecified atom stereocenters. The summed E-state index contributed by atoms with van der Waals surface area (Å²) in [5.74, 6) is -1.29. The lowest BCUT2D eigenvalue weighted by Gasteiger charge is -2.08. The molecule has 1 N–H and O–H groups in total. The van der Waals surface area contributed by atoms with E-state index in [1.165, 1.54) is 19.2 Å². The summed E-state index contributed by atoms with van der Waals surface area (Å²) in [7, 11) is 1.22. The van der Waals surface area contributed by atoms with Gasteiger partial charge < -0.3 is 10.1 Å². The van der Waals surface area contributed by atoms with Crippen LogP contribution in [0.1, 0.15) is 21.6 Å². The number of ether oxygens (including phenoxy) is 1. The summed E-state index contributed by atoms with van der Waals surface area (Å²) in [5.41, 5.74) is 2.51. The second-order valence-electron chi connectivity index (χ2n) is 4.35. The van der Waals surface area contributed by atoms with Gasteiger partial charge in [0.05, 0.1) is 12.7 Å². The Balaban J connectivity index is 2.10. The van der Waals surface area contributed by atoms with Crippen LogP contribution >= 0.6 is 0 Å².